The van der Waals surface area contributed by atoms with Crippen LogP contribution in [0.15, 0.2) is 42.5 Å². The fourth-order valence-electron chi connectivity index (χ4n) is 3.57. The minimum absolute atomic E-state index is 0. The van der Waals surface area contributed by atoms with Crippen LogP contribution in [0.25, 0.3) is 10.8 Å². The highest BCUT2D eigenvalue weighted by molar-refractivity contribution is 5.85. The van der Waals surface area contributed by atoms with E-state index in [-0.39, 0.29) is 24.8 Å². The summed E-state index contributed by atoms with van der Waals surface area (Å²) < 4.78 is 0. The number of piperazine rings is 1. The summed E-state index contributed by atoms with van der Waals surface area (Å²) in [6.07, 6.45) is 4.23. The summed E-state index contributed by atoms with van der Waals surface area (Å²) in [7, 11) is 0. The molecule has 0 bridgehead atoms. The predicted octanol–water partition coefficient (Wildman–Crippen LogP) is 4.43. The fraction of sp³-hybridized carbons (Fsp3) is 0.474. The first-order chi connectivity index (χ1) is 10.4. The Morgan fingerprint density at radius 2 is 1.65 bits per heavy atom. The largest absolute Gasteiger partial charge is 0.314 e. The minimum Gasteiger partial charge on any atom is -0.314 e. The molecule has 4 rings (SSSR count). The van der Waals surface area contributed by atoms with Crippen LogP contribution in [0.2, 0.25) is 0 Å². The molecule has 2 fully saturated rings. The van der Waals surface area contributed by atoms with Gasteiger partial charge in [-0.2, -0.15) is 0 Å². The maximum atomic E-state index is 3.48. The van der Waals surface area contributed by atoms with Crippen LogP contribution in [0, 0.1) is 5.92 Å². The first-order valence-corrected chi connectivity index (χ1v) is 8.33. The van der Waals surface area contributed by atoms with Crippen molar-refractivity contribution in [1.82, 2.24) is 10.2 Å². The van der Waals surface area contributed by atoms with Gasteiger partial charge in [-0.05, 0) is 34.7 Å². The molecule has 126 valence electrons. The lowest BCUT2D eigenvalue weighted by molar-refractivity contribution is 0.160. The zero-order valence-electron chi connectivity index (χ0n) is 13.4. The summed E-state index contributed by atoms with van der Waals surface area (Å²) in [4.78, 5) is 2.69. The molecular weight excluding hydrogens is 327 g/mol. The fourth-order valence-corrected chi connectivity index (χ4v) is 3.57. The van der Waals surface area contributed by atoms with E-state index in [4.69, 9.17) is 0 Å². The topological polar surface area (TPSA) is 15.3 Å². The highest BCUT2D eigenvalue weighted by atomic mass is 35.5. The van der Waals surface area contributed by atoms with E-state index in [0.29, 0.717) is 6.04 Å². The molecule has 23 heavy (non-hydrogen) atoms. The molecule has 0 unspecified atom stereocenters. The zero-order valence-corrected chi connectivity index (χ0v) is 15.0. The van der Waals surface area contributed by atoms with E-state index in [1.54, 1.807) is 0 Å². The summed E-state index contributed by atoms with van der Waals surface area (Å²) >= 11 is 0. The van der Waals surface area contributed by atoms with E-state index in [1.165, 1.54) is 48.7 Å². The Bertz CT molecular complexity index is 622. The second-order valence-corrected chi connectivity index (χ2v) is 6.59. The zero-order chi connectivity index (χ0) is 14.1. The van der Waals surface area contributed by atoms with Crippen molar-refractivity contribution in [1.29, 1.82) is 0 Å². The standard InChI is InChI=1S/C19H24N2.2ClH/c1-2-4-17-14-18(8-7-16(17)3-1)19(13-15-5-6-15)21-11-9-20-10-12-21;;/h1-4,7-8,14-15,19-20H,5-6,9-13H2;2*1H/t19-;;/m0../s1. The molecule has 2 aliphatic rings. The van der Waals surface area contributed by atoms with Gasteiger partial charge in [0.2, 0.25) is 0 Å². The maximum Gasteiger partial charge on any atom is 0.0352 e. The van der Waals surface area contributed by atoms with Gasteiger partial charge < -0.3 is 5.32 Å². The van der Waals surface area contributed by atoms with E-state index < -0.39 is 0 Å². The van der Waals surface area contributed by atoms with Crippen LogP contribution >= 0.6 is 24.8 Å². The lowest BCUT2D eigenvalue weighted by Gasteiger charge is -2.35. The van der Waals surface area contributed by atoms with Crippen LogP contribution in [0.5, 0.6) is 0 Å². The number of hydrogen-bond donors (Lipinski definition) is 1. The third kappa shape index (κ3) is 4.39. The quantitative estimate of drug-likeness (QED) is 0.875. The molecule has 1 saturated carbocycles. The Hall–Kier alpha value is -0.800. The number of nitrogens with one attached hydrogen (secondary N) is 1. The van der Waals surface area contributed by atoms with Crippen molar-refractivity contribution in [2.45, 2.75) is 25.3 Å². The number of halogens is 2. The summed E-state index contributed by atoms with van der Waals surface area (Å²) in [5.41, 5.74) is 1.52. The van der Waals surface area contributed by atoms with E-state index in [9.17, 15) is 0 Å². The van der Waals surface area contributed by atoms with Gasteiger partial charge in [-0.1, -0.05) is 49.2 Å². The SMILES string of the molecule is Cl.Cl.c1ccc2cc([C@H](CC3CC3)N3CCNCC3)ccc2c1. The molecule has 1 saturated heterocycles. The van der Waals surface area contributed by atoms with Crippen LogP contribution in [-0.2, 0) is 0 Å². The lowest BCUT2D eigenvalue weighted by Crippen LogP contribution is -2.45. The predicted molar refractivity (Wildman–Crippen MR) is 103 cm³/mol. The van der Waals surface area contributed by atoms with Gasteiger partial charge in [0, 0.05) is 32.2 Å². The highest BCUT2D eigenvalue weighted by Crippen LogP contribution is 2.40. The summed E-state index contributed by atoms with van der Waals surface area (Å²) in [6.45, 7) is 4.64. The normalized spacial score (nSPS) is 19.7. The minimum atomic E-state index is 0. The van der Waals surface area contributed by atoms with Gasteiger partial charge in [0.1, 0.15) is 0 Å². The van der Waals surface area contributed by atoms with Gasteiger partial charge in [0.05, 0.1) is 0 Å². The van der Waals surface area contributed by atoms with Crippen LogP contribution < -0.4 is 5.32 Å². The Morgan fingerprint density at radius 3 is 2.35 bits per heavy atom. The van der Waals surface area contributed by atoms with Gasteiger partial charge in [0.15, 0.2) is 0 Å². The molecule has 2 aromatic rings. The summed E-state index contributed by atoms with van der Waals surface area (Å²) in [5, 5.41) is 6.21. The Morgan fingerprint density at radius 1 is 0.957 bits per heavy atom. The second kappa shape index (κ2) is 8.34. The number of nitrogens with zero attached hydrogens (tertiary/aromatic N) is 1. The van der Waals surface area contributed by atoms with Gasteiger partial charge in [-0.25, -0.2) is 0 Å². The first kappa shape index (κ1) is 18.5. The summed E-state index contributed by atoms with van der Waals surface area (Å²) in [6, 6.07) is 16.4. The van der Waals surface area contributed by atoms with Gasteiger partial charge in [0.25, 0.3) is 0 Å². The number of rotatable bonds is 4. The van der Waals surface area contributed by atoms with Gasteiger partial charge >= 0.3 is 0 Å². The average Bonchev–Trinajstić information content (AvgIpc) is 3.37. The van der Waals surface area contributed by atoms with Crippen LogP contribution in [0.1, 0.15) is 30.9 Å². The molecule has 0 radical (unpaired) electrons. The van der Waals surface area contributed by atoms with Crippen molar-refractivity contribution >= 4 is 35.6 Å². The maximum absolute atomic E-state index is 3.48. The molecule has 1 aliphatic carbocycles. The molecule has 0 spiro atoms. The van der Waals surface area contributed by atoms with Crippen LogP contribution in [0.4, 0.5) is 0 Å². The average molecular weight is 353 g/mol. The second-order valence-electron chi connectivity index (χ2n) is 6.59. The molecule has 0 amide bonds. The van der Waals surface area contributed by atoms with Crippen LogP contribution in [-0.4, -0.2) is 31.1 Å². The third-order valence-corrected chi connectivity index (χ3v) is 5.00. The molecular formula is C19H26Cl2N2. The highest BCUT2D eigenvalue weighted by Gasteiger charge is 2.30. The molecule has 1 N–H and O–H groups in total. The number of fused-ring (bicyclic) bond motifs is 1. The van der Waals surface area contributed by atoms with Crippen molar-refractivity contribution in [3.05, 3.63) is 48.0 Å². The number of benzene rings is 2. The van der Waals surface area contributed by atoms with E-state index >= 15 is 0 Å². The van der Waals surface area contributed by atoms with E-state index in [1.807, 2.05) is 0 Å². The van der Waals surface area contributed by atoms with Crippen molar-refractivity contribution in [3.8, 4) is 0 Å². The molecule has 2 nitrogen and oxygen atoms in total. The van der Waals surface area contributed by atoms with Crippen LogP contribution in [0.3, 0.4) is 0 Å². The van der Waals surface area contributed by atoms with Gasteiger partial charge in [-0.15, -0.1) is 24.8 Å². The lowest BCUT2D eigenvalue weighted by atomic mass is 9.96. The van der Waals surface area contributed by atoms with Crippen molar-refractivity contribution in [2.24, 2.45) is 5.92 Å². The molecule has 1 atom stereocenters. The molecule has 1 heterocycles. The third-order valence-electron chi connectivity index (χ3n) is 5.00. The Kier molecular flexibility index (Phi) is 6.72. The van der Waals surface area contributed by atoms with Crippen molar-refractivity contribution in [2.75, 3.05) is 26.2 Å². The summed E-state index contributed by atoms with van der Waals surface area (Å²) in [5.74, 6) is 0.969. The van der Waals surface area contributed by atoms with E-state index in [0.717, 1.165) is 19.0 Å². The monoisotopic (exact) mass is 352 g/mol. The molecule has 1 aliphatic heterocycles. The van der Waals surface area contributed by atoms with E-state index in [2.05, 4.69) is 52.7 Å². The van der Waals surface area contributed by atoms with Crippen molar-refractivity contribution < 1.29 is 0 Å². The Balaban J connectivity index is 0.000000960. The molecule has 2 aromatic carbocycles. The van der Waals surface area contributed by atoms with Crippen molar-refractivity contribution in [3.63, 3.8) is 0 Å². The number of hydrogen-bond acceptors (Lipinski definition) is 2. The molecule has 4 heteroatoms. The first-order valence-electron chi connectivity index (χ1n) is 8.33. The smallest absolute Gasteiger partial charge is 0.0352 e. The Labute approximate surface area is 151 Å². The molecule has 0 aromatic heterocycles. The van der Waals surface area contributed by atoms with Gasteiger partial charge in [-0.3, -0.25) is 4.90 Å².